The van der Waals surface area contributed by atoms with Crippen molar-refractivity contribution in [2.45, 2.75) is 27.1 Å². The highest BCUT2D eigenvalue weighted by Crippen LogP contribution is 2.28. The van der Waals surface area contributed by atoms with Crippen molar-refractivity contribution in [2.75, 3.05) is 21.3 Å². The van der Waals surface area contributed by atoms with Crippen LogP contribution in [0.25, 0.3) is 11.0 Å². The number of aromatic nitrogens is 2. The Morgan fingerprint density at radius 3 is 2.44 bits per heavy atom. The third-order valence-corrected chi connectivity index (χ3v) is 4.53. The maximum absolute atomic E-state index is 5.39. The van der Waals surface area contributed by atoms with Crippen LogP contribution in [0.1, 0.15) is 16.7 Å². The number of ether oxygens (including phenoxy) is 2. The van der Waals surface area contributed by atoms with Gasteiger partial charge in [-0.15, -0.1) is 0 Å². The van der Waals surface area contributed by atoms with E-state index in [4.69, 9.17) is 9.47 Å². The summed E-state index contributed by atoms with van der Waals surface area (Å²) in [5.74, 6) is 1.51. The van der Waals surface area contributed by atoms with Gasteiger partial charge >= 0.3 is 0 Å². The van der Waals surface area contributed by atoms with E-state index in [0.29, 0.717) is 0 Å². The molecule has 0 N–H and O–H groups in total. The van der Waals surface area contributed by atoms with Gasteiger partial charge < -0.3 is 14.0 Å². The molecular formula is C20H25N3O2. The van der Waals surface area contributed by atoms with Gasteiger partial charge in [0.25, 0.3) is 0 Å². The summed E-state index contributed by atoms with van der Waals surface area (Å²) in [6.07, 6.45) is 1.91. The maximum atomic E-state index is 5.39. The molecule has 0 spiro atoms. The van der Waals surface area contributed by atoms with Crippen molar-refractivity contribution < 1.29 is 9.47 Å². The number of fused-ring (bicyclic) bond motifs is 1. The highest BCUT2D eigenvalue weighted by molar-refractivity contribution is 5.77. The van der Waals surface area contributed by atoms with E-state index in [2.05, 4.69) is 53.5 Å². The van der Waals surface area contributed by atoms with Gasteiger partial charge in [-0.25, -0.2) is 4.98 Å². The Bertz CT molecular complexity index is 886. The second-order valence-electron chi connectivity index (χ2n) is 6.48. The standard InChI is InChI=1S/C20H25N3O2/c1-14-8-17-18(9-15(14)2)23(12-21-17)13-22(3)11-16-6-7-19(24-4)20(10-16)25-5/h6-10,12H,11,13H2,1-5H3. The molecule has 3 aromatic rings. The van der Waals surface area contributed by atoms with Crippen molar-refractivity contribution in [3.05, 3.63) is 53.3 Å². The van der Waals surface area contributed by atoms with E-state index in [1.165, 1.54) is 22.2 Å². The van der Waals surface area contributed by atoms with Gasteiger partial charge in [-0.2, -0.15) is 0 Å². The number of aryl methyl sites for hydroxylation is 2. The molecule has 0 radical (unpaired) electrons. The smallest absolute Gasteiger partial charge is 0.161 e. The van der Waals surface area contributed by atoms with Gasteiger partial charge in [0.15, 0.2) is 11.5 Å². The molecule has 0 saturated carbocycles. The minimum atomic E-state index is 0.750. The highest BCUT2D eigenvalue weighted by atomic mass is 16.5. The first-order valence-corrected chi connectivity index (χ1v) is 8.33. The van der Waals surface area contributed by atoms with Crippen molar-refractivity contribution in [2.24, 2.45) is 0 Å². The van der Waals surface area contributed by atoms with Crippen molar-refractivity contribution in [1.82, 2.24) is 14.5 Å². The van der Waals surface area contributed by atoms with Crippen LogP contribution in [-0.4, -0.2) is 35.7 Å². The molecule has 132 valence electrons. The van der Waals surface area contributed by atoms with Gasteiger partial charge in [-0.3, -0.25) is 4.90 Å². The van der Waals surface area contributed by atoms with E-state index < -0.39 is 0 Å². The first kappa shape index (κ1) is 17.3. The van der Waals surface area contributed by atoms with Gasteiger partial charge in [0.05, 0.1) is 38.2 Å². The molecule has 0 saturated heterocycles. The normalized spacial score (nSPS) is 11.3. The lowest BCUT2D eigenvalue weighted by molar-refractivity contribution is 0.263. The summed E-state index contributed by atoms with van der Waals surface area (Å²) < 4.78 is 12.9. The Hall–Kier alpha value is -2.53. The Morgan fingerprint density at radius 1 is 1.00 bits per heavy atom. The predicted octanol–water partition coefficient (Wildman–Crippen LogP) is 3.76. The third-order valence-electron chi connectivity index (χ3n) is 4.53. The lowest BCUT2D eigenvalue weighted by atomic mass is 10.1. The van der Waals surface area contributed by atoms with Gasteiger partial charge in [0, 0.05) is 6.54 Å². The van der Waals surface area contributed by atoms with Gasteiger partial charge in [0.2, 0.25) is 0 Å². The Kier molecular flexibility index (Phi) is 4.95. The molecule has 3 rings (SSSR count). The van der Waals surface area contributed by atoms with E-state index in [1.807, 2.05) is 18.5 Å². The van der Waals surface area contributed by atoms with E-state index in [-0.39, 0.29) is 0 Å². The van der Waals surface area contributed by atoms with Crippen molar-refractivity contribution in [3.8, 4) is 11.5 Å². The fourth-order valence-corrected chi connectivity index (χ4v) is 3.03. The minimum Gasteiger partial charge on any atom is -0.493 e. The predicted molar refractivity (Wildman–Crippen MR) is 100 cm³/mol. The summed E-state index contributed by atoms with van der Waals surface area (Å²) in [7, 11) is 5.41. The highest BCUT2D eigenvalue weighted by Gasteiger charge is 2.09. The van der Waals surface area contributed by atoms with E-state index >= 15 is 0 Å². The molecule has 2 aromatic carbocycles. The molecule has 1 aromatic heterocycles. The first-order chi connectivity index (χ1) is 12.0. The number of rotatable bonds is 6. The third kappa shape index (κ3) is 3.61. The number of nitrogens with zero attached hydrogens (tertiary/aromatic N) is 3. The van der Waals surface area contributed by atoms with Crippen LogP contribution in [0.2, 0.25) is 0 Å². The molecule has 0 bridgehead atoms. The Balaban J connectivity index is 1.77. The topological polar surface area (TPSA) is 39.5 Å². The van der Waals surface area contributed by atoms with E-state index in [1.54, 1.807) is 14.2 Å². The van der Waals surface area contributed by atoms with Crippen LogP contribution in [0.5, 0.6) is 11.5 Å². The van der Waals surface area contributed by atoms with E-state index in [0.717, 1.165) is 30.2 Å². The number of imidazole rings is 1. The molecule has 1 heterocycles. The first-order valence-electron chi connectivity index (χ1n) is 8.33. The molecular weight excluding hydrogens is 314 g/mol. The van der Waals surface area contributed by atoms with E-state index in [9.17, 15) is 0 Å². The molecule has 0 aliphatic heterocycles. The number of hydrogen-bond acceptors (Lipinski definition) is 4. The largest absolute Gasteiger partial charge is 0.493 e. The molecule has 0 aliphatic carbocycles. The quantitative estimate of drug-likeness (QED) is 0.685. The molecule has 0 atom stereocenters. The summed E-state index contributed by atoms with van der Waals surface area (Å²) in [5, 5.41) is 0. The summed E-state index contributed by atoms with van der Waals surface area (Å²) in [4.78, 5) is 6.78. The summed E-state index contributed by atoms with van der Waals surface area (Å²) in [5.41, 5.74) is 5.95. The summed E-state index contributed by atoms with van der Waals surface area (Å²) in [6, 6.07) is 10.4. The zero-order chi connectivity index (χ0) is 18.0. The van der Waals surface area contributed by atoms with Crippen LogP contribution in [0, 0.1) is 13.8 Å². The van der Waals surface area contributed by atoms with Crippen LogP contribution in [-0.2, 0) is 13.2 Å². The Labute approximate surface area is 148 Å². The minimum absolute atomic E-state index is 0.750. The molecule has 0 unspecified atom stereocenters. The van der Waals surface area contributed by atoms with Gasteiger partial charge in [-0.05, 0) is 61.9 Å². The average Bonchev–Trinajstić information content (AvgIpc) is 2.96. The van der Waals surface area contributed by atoms with Crippen molar-refractivity contribution in [3.63, 3.8) is 0 Å². The second-order valence-corrected chi connectivity index (χ2v) is 6.48. The average molecular weight is 339 g/mol. The zero-order valence-electron chi connectivity index (χ0n) is 15.5. The molecule has 5 nitrogen and oxygen atoms in total. The molecule has 0 fully saturated rings. The van der Waals surface area contributed by atoms with Gasteiger partial charge in [-0.1, -0.05) is 6.07 Å². The monoisotopic (exact) mass is 339 g/mol. The lowest BCUT2D eigenvalue weighted by Gasteiger charge is -2.19. The van der Waals surface area contributed by atoms with Crippen LogP contribution in [0.3, 0.4) is 0 Å². The molecule has 0 amide bonds. The lowest BCUT2D eigenvalue weighted by Crippen LogP contribution is -2.21. The van der Waals surface area contributed by atoms with Crippen LogP contribution >= 0.6 is 0 Å². The number of methoxy groups -OCH3 is 2. The van der Waals surface area contributed by atoms with Crippen LogP contribution < -0.4 is 9.47 Å². The zero-order valence-corrected chi connectivity index (χ0v) is 15.5. The SMILES string of the molecule is COc1ccc(CN(C)Cn2cnc3cc(C)c(C)cc32)cc1OC. The van der Waals surface area contributed by atoms with Gasteiger partial charge in [0.1, 0.15) is 0 Å². The maximum Gasteiger partial charge on any atom is 0.161 e. The van der Waals surface area contributed by atoms with Crippen molar-refractivity contribution >= 4 is 11.0 Å². The van der Waals surface area contributed by atoms with Crippen LogP contribution in [0.15, 0.2) is 36.7 Å². The summed E-state index contributed by atoms with van der Waals surface area (Å²) in [6.45, 7) is 5.84. The second kappa shape index (κ2) is 7.15. The number of benzene rings is 2. The fourth-order valence-electron chi connectivity index (χ4n) is 3.03. The summed E-state index contributed by atoms with van der Waals surface area (Å²) >= 11 is 0. The fraction of sp³-hybridized carbons (Fsp3) is 0.350. The number of hydrogen-bond donors (Lipinski definition) is 0. The molecule has 0 aliphatic rings. The molecule has 25 heavy (non-hydrogen) atoms. The van der Waals surface area contributed by atoms with Crippen LogP contribution in [0.4, 0.5) is 0 Å². The Morgan fingerprint density at radius 2 is 1.72 bits per heavy atom. The molecule has 5 heteroatoms. The van der Waals surface area contributed by atoms with Crippen molar-refractivity contribution in [1.29, 1.82) is 0 Å².